The summed E-state index contributed by atoms with van der Waals surface area (Å²) in [5.41, 5.74) is 3.49. The van der Waals surface area contributed by atoms with Crippen molar-refractivity contribution in [1.29, 1.82) is 0 Å². The predicted molar refractivity (Wildman–Crippen MR) is 63.1 cm³/mol. The average molecular weight is 196 g/mol. The molecule has 1 N–H and O–H groups in total. The van der Waals surface area contributed by atoms with Crippen LogP contribution in [0.3, 0.4) is 0 Å². The molecule has 0 aliphatic rings. The number of hydrogen-bond acceptors (Lipinski definition) is 1. The molecule has 0 unspecified atom stereocenters. The summed E-state index contributed by atoms with van der Waals surface area (Å²) in [5, 5.41) is 11.1. The highest BCUT2D eigenvalue weighted by Crippen LogP contribution is 2.25. The van der Waals surface area contributed by atoms with Crippen LogP contribution in [-0.4, -0.2) is 10.2 Å². The van der Waals surface area contributed by atoms with Crippen molar-refractivity contribution in [3.63, 3.8) is 0 Å². The summed E-state index contributed by atoms with van der Waals surface area (Å²) in [4.78, 5) is 0. The van der Waals surface area contributed by atoms with Crippen LogP contribution in [0.1, 0.15) is 11.3 Å². The van der Waals surface area contributed by atoms with E-state index in [2.05, 4.69) is 47.5 Å². The number of hydrogen-bond donors (Lipinski definition) is 1. The van der Waals surface area contributed by atoms with E-state index in [1.807, 2.05) is 6.92 Å². The van der Waals surface area contributed by atoms with Crippen LogP contribution in [0.15, 0.2) is 30.3 Å². The van der Waals surface area contributed by atoms with E-state index in [1.165, 1.54) is 21.7 Å². The molecule has 2 heteroatoms. The van der Waals surface area contributed by atoms with E-state index in [0.717, 1.165) is 11.2 Å². The Kier molecular flexibility index (Phi) is 1.60. The largest absolute Gasteiger partial charge is 0.277 e. The molecule has 3 aromatic rings. The summed E-state index contributed by atoms with van der Waals surface area (Å²) < 4.78 is 0. The molecule has 0 saturated carbocycles. The standard InChI is InChI=1S/C13H12N2/c1-8-3-4-10-5-6-11-9(2)14-15-13(11)12(10)7-8/h3-7H,1-2H3,(H,14,15). The summed E-state index contributed by atoms with van der Waals surface area (Å²) in [6.45, 7) is 4.14. The molecule has 74 valence electrons. The van der Waals surface area contributed by atoms with E-state index in [1.54, 1.807) is 0 Å². The normalized spacial score (nSPS) is 11.3. The smallest absolute Gasteiger partial charge is 0.0731 e. The highest BCUT2D eigenvalue weighted by Gasteiger charge is 2.04. The first-order valence-electron chi connectivity index (χ1n) is 5.10. The van der Waals surface area contributed by atoms with Gasteiger partial charge < -0.3 is 0 Å². The van der Waals surface area contributed by atoms with Crippen LogP contribution in [0.4, 0.5) is 0 Å². The number of benzene rings is 2. The third-order valence-corrected chi connectivity index (χ3v) is 2.90. The number of aromatic nitrogens is 2. The van der Waals surface area contributed by atoms with Gasteiger partial charge in [0.1, 0.15) is 0 Å². The van der Waals surface area contributed by atoms with E-state index in [-0.39, 0.29) is 0 Å². The monoisotopic (exact) mass is 196 g/mol. The van der Waals surface area contributed by atoms with E-state index in [0.29, 0.717) is 0 Å². The fourth-order valence-electron chi connectivity index (χ4n) is 2.06. The van der Waals surface area contributed by atoms with Gasteiger partial charge in [-0.25, -0.2) is 0 Å². The summed E-state index contributed by atoms with van der Waals surface area (Å²) >= 11 is 0. The molecule has 3 rings (SSSR count). The number of H-pyrrole nitrogens is 1. The van der Waals surface area contributed by atoms with Crippen molar-refractivity contribution in [2.24, 2.45) is 0 Å². The van der Waals surface area contributed by atoms with Crippen LogP contribution in [-0.2, 0) is 0 Å². The molecular formula is C13H12N2. The second kappa shape index (κ2) is 2.83. The lowest BCUT2D eigenvalue weighted by Crippen LogP contribution is -1.78. The van der Waals surface area contributed by atoms with Crippen molar-refractivity contribution < 1.29 is 0 Å². The molecular weight excluding hydrogens is 184 g/mol. The van der Waals surface area contributed by atoms with Crippen molar-refractivity contribution in [2.45, 2.75) is 13.8 Å². The SMILES string of the molecule is Cc1ccc2ccc3c(C)n[nH]c3c2c1. The lowest BCUT2D eigenvalue weighted by atomic mass is 10.0. The van der Waals surface area contributed by atoms with Gasteiger partial charge in [-0.3, -0.25) is 5.10 Å². The molecule has 15 heavy (non-hydrogen) atoms. The first-order chi connectivity index (χ1) is 7.25. The summed E-state index contributed by atoms with van der Waals surface area (Å²) in [6.07, 6.45) is 0. The first-order valence-corrected chi connectivity index (χ1v) is 5.10. The number of nitrogens with zero attached hydrogens (tertiary/aromatic N) is 1. The summed E-state index contributed by atoms with van der Waals surface area (Å²) in [5.74, 6) is 0. The fraction of sp³-hybridized carbons (Fsp3) is 0.154. The van der Waals surface area contributed by atoms with E-state index in [4.69, 9.17) is 0 Å². The third-order valence-electron chi connectivity index (χ3n) is 2.90. The first kappa shape index (κ1) is 8.48. The van der Waals surface area contributed by atoms with Crippen LogP contribution < -0.4 is 0 Å². The number of rotatable bonds is 0. The number of aryl methyl sites for hydroxylation is 2. The zero-order chi connectivity index (χ0) is 10.4. The zero-order valence-corrected chi connectivity index (χ0v) is 8.83. The van der Waals surface area contributed by atoms with Gasteiger partial charge >= 0.3 is 0 Å². The van der Waals surface area contributed by atoms with Gasteiger partial charge in [0.25, 0.3) is 0 Å². The molecule has 0 aliphatic heterocycles. The Balaban J connectivity index is 2.57. The number of nitrogens with one attached hydrogen (secondary N) is 1. The average Bonchev–Trinajstić information content (AvgIpc) is 2.61. The Morgan fingerprint density at radius 2 is 1.80 bits per heavy atom. The Morgan fingerprint density at radius 3 is 2.67 bits per heavy atom. The van der Waals surface area contributed by atoms with Crippen molar-refractivity contribution in [3.8, 4) is 0 Å². The van der Waals surface area contributed by atoms with Crippen LogP contribution in [0.5, 0.6) is 0 Å². The van der Waals surface area contributed by atoms with Crippen LogP contribution in [0.25, 0.3) is 21.7 Å². The van der Waals surface area contributed by atoms with Crippen molar-refractivity contribution >= 4 is 21.7 Å². The van der Waals surface area contributed by atoms with Gasteiger partial charge in [0.2, 0.25) is 0 Å². The summed E-state index contributed by atoms with van der Waals surface area (Å²) in [7, 11) is 0. The van der Waals surface area contributed by atoms with Crippen LogP contribution in [0, 0.1) is 13.8 Å². The van der Waals surface area contributed by atoms with Gasteiger partial charge in [-0.2, -0.15) is 5.10 Å². The molecule has 0 radical (unpaired) electrons. The van der Waals surface area contributed by atoms with Gasteiger partial charge in [-0.1, -0.05) is 29.8 Å². The maximum absolute atomic E-state index is 4.25. The third kappa shape index (κ3) is 1.14. The Morgan fingerprint density at radius 1 is 1.00 bits per heavy atom. The summed E-state index contributed by atoms with van der Waals surface area (Å²) in [6, 6.07) is 10.8. The predicted octanol–water partition coefficient (Wildman–Crippen LogP) is 3.33. The van der Waals surface area contributed by atoms with E-state index < -0.39 is 0 Å². The van der Waals surface area contributed by atoms with Crippen LogP contribution in [0.2, 0.25) is 0 Å². The minimum atomic E-state index is 1.06. The van der Waals surface area contributed by atoms with Gasteiger partial charge in [0.15, 0.2) is 0 Å². The molecule has 0 saturated heterocycles. The van der Waals surface area contributed by atoms with Gasteiger partial charge in [0.05, 0.1) is 11.2 Å². The second-order valence-corrected chi connectivity index (χ2v) is 4.02. The maximum Gasteiger partial charge on any atom is 0.0731 e. The lowest BCUT2D eigenvalue weighted by Gasteiger charge is -2.00. The molecule has 0 bridgehead atoms. The number of aromatic amines is 1. The lowest BCUT2D eigenvalue weighted by molar-refractivity contribution is 1.07. The quantitative estimate of drug-likeness (QED) is 0.587. The topological polar surface area (TPSA) is 28.7 Å². The van der Waals surface area contributed by atoms with Gasteiger partial charge in [-0.05, 0) is 25.3 Å². The molecule has 0 aliphatic carbocycles. The second-order valence-electron chi connectivity index (χ2n) is 4.02. The molecule has 0 fully saturated rings. The Labute approximate surface area is 87.9 Å². The molecule has 2 aromatic carbocycles. The maximum atomic E-state index is 4.25. The minimum Gasteiger partial charge on any atom is -0.277 e. The zero-order valence-electron chi connectivity index (χ0n) is 8.83. The minimum absolute atomic E-state index is 1.06. The Hall–Kier alpha value is -1.83. The van der Waals surface area contributed by atoms with Crippen molar-refractivity contribution in [3.05, 3.63) is 41.6 Å². The molecule has 1 aromatic heterocycles. The molecule has 0 spiro atoms. The molecule has 1 heterocycles. The van der Waals surface area contributed by atoms with Crippen molar-refractivity contribution in [2.75, 3.05) is 0 Å². The highest BCUT2D eigenvalue weighted by molar-refractivity contribution is 6.06. The van der Waals surface area contributed by atoms with E-state index in [9.17, 15) is 0 Å². The molecule has 2 nitrogen and oxygen atoms in total. The number of fused-ring (bicyclic) bond motifs is 3. The van der Waals surface area contributed by atoms with Crippen LogP contribution >= 0.6 is 0 Å². The fourth-order valence-corrected chi connectivity index (χ4v) is 2.06. The van der Waals surface area contributed by atoms with Gasteiger partial charge in [-0.15, -0.1) is 0 Å². The highest BCUT2D eigenvalue weighted by atomic mass is 15.1. The van der Waals surface area contributed by atoms with Crippen molar-refractivity contribution in [1.82, 2.24) is 10.2 Å². The van der Waals surface area contributed by atoms with Gasteiger partial charge in [0, 0.05) is 10.8 Å². The molecule has 0 amide bonds. The Bertz CT molecular complexity index is 650. The van der Waals surface area contributed by atoms with E-state index >= 15 is 0 Å². The molecule has 0 atom stereocenters.